The lowest BCUT2D eigenvalue weighted by Crippen LogP contribution is -2.14. The number of thiophene rings is 1. The minimum Gasteiger partial charge on any atom is -0.490 e. The van der Waals surface area contributed by atoms with Crippen LogP contribution < -0.4 is 10.1 Å². The van der Waals surface area contributed by atoms with Crippen molar-refractivity contribution >= 4 is 57.2 Å². The van der Waals surface area contributed by atoms with Gasteiger partial charge in [0.25, 0.3) is 5.91 Å². The summed E-state index contributed by atoms with van der Waals surface area (Å²) in [5.74, 6) is -1.05. The number of unbranched alkanes of at least 4 members (excludes halogenated alkanes) is 2. The Labute approximate surface area is 189 Å². The normalized spacial score (nSPS) is 10.6. The number of hydrogen-bond donors (Lipinski definition) is 1. The predicted octanol–water partition coefficient (Wildman–Crippen LogP) is 6.17. The molecule has 0 unspecified atom stereocenters. The Balaban J connectivity index is 2.29. The van der Waals surface area contributed by atoms with Gasteiger partial charge in [-0.2, -0.15) is 0 Å². The first-order valence-electron chi connectivity index (χ1n) is 9.37. The van der Waals surface area contributed by atoms with E-state index < -0.39 is 11.9 Å². The number of anilines is 1. The van der Waals surface area contributed by atoms with E-state index in [0.29, 0.717) is 22.8 Å². The molecule has 1 heterocycles. The van der Waals surface area contributed by atoms with Crippen LogP contribution in [0.3, 0.4) is 0 Å². The summed E-state index contributed by atoms with van der Waals surface area (Å²) in [6.45, 7) is 5.59. The molecule has 0 spiro atoms. The molecule has 0 saturated carbocycles. The Kier molecular flexibility index (Phi) is 8.70. The third kappa shape index (κ3) is 5.53. The minimum atomic E-state index is -0.640. The molecule has 0 saturated heterocycles. The highest BCUT2D eigenvalue weighted by Gasteiger charge is 2.25. The second kappa shape index (κ2) is 10.8. The van der Waals surface area contributed by atoms with Crippen LogP contribution in [0, 0.1) is 6.92 Å². The van der Waals surface area contributed by atoms with Crippen LogP contribution in [-0.2, 0) is 4.74 Å². The monoisotopic (exact) mass is 471 g/mol. The van der Waals surface area contributed by atoms with Crippen LogP contribution in [-0.4, -0.2) is 31.4 Å². The number of rotatable bonds is 9. The maximum absolute atomic E-state index is 12.8. The number of carbonyl (C=O) groups is 3. The number of esters is 1. The third-order valence-electron chi connectivity index (χ3n) is 4.34. The van der Waals surface area contributed by atoms with Crippen molar-refractivity contribution in [3.63, 3.8) is 0 Å². The van der Waals surface area contributed by atoms with Crippen LogP contribution in [0.4, 0.5) is 5.00 Å². The molecule has 2 aromatic rings. The molecule has 1 aromatic heterocycles. The van der Waals surface area contributed by atoms with E-state index in [1.54, 1.807) is 6.92 Å². The van der Waals surface area contributed by atoms with Gasteiger partial charge in [-0.05, 0) is 38.0 Å². The van der Waals surface area contributed by atoms with E-state index in [2.05, 4.69) is 12.2 Å². The summed E-state index contributed by atoms with van der Waals surface area (Å²) in [6, 6.07) is 2.89. The number of carbonyl (C=O) groups excluding carboxylic acids is 3. The van der Waals surface area contributed by atoms with Crippen molar-refractivity contribution in [2.75, 3.05) is 19.0 Å². The number of Topliss-reactive ketones (excluding diaryl/α,β-unsaturated/α-hetero) is 1. The molecule has 0 radical (unpaired) electrons. The maximum Gasteiger partial charge on any atom is 0.341 e. The molecule has 0 aliphatic heterocycles. The Morgan fingerprint density at radius 1 is 1.13 bits per heavy atom. The first-order chi connectivity index (χ1) is 14.2. The molecular formula is C21H23Cl2NO5S. The number of methoxy groups -OCH3 is 1. The van der Waals surface area contributed by atoms with Crippen molar-refractivity contribution in [3.05, 3.63) is 43.7 Å². The van der Waals surface area contributed by atoms with E-state index in [0.717, 1.165) is 30.6 Å². The molecule has 162 valence electrons. The number of ether oxygens (including phenoxy) is 2. The van der Waals surface area contributed by atoms with Gasteiger partial charge in [0.2, 0.25) is 0 Å². The van der Waals surface area contributed by atoms with Gasteiger partial charge < -0.3 is 14.8 Å². The van der Waals surface area contributed by atoms with Crippen molar-refractivity contribution in [1.29, 1.82) is 0 Å². The van der Waals surface area contributed by atoms with Crippen LogP contribution in [0.25, 0.3) is 0 Å². The van der Waals surface area contributed by atoms with E-state index in [1.165, 1.54) is 26.2 Å². The zero-order valence-electron chi connectivity index (χ0n) is 17.2. The van der Waals surface area contributed by atoms with Crippen molar-refractivity contribution in [2.45, 2.75) is 40.0 Å². The molecule has 1 aromatic carbocycles. The topological polar surface area (TPSA) is 81.7 Å². The fourth-order valence-electron chi connectivity index (χ4n) is 2.82. The molecule has 1 amide bonds. The van der Waals surface area contributed by atoms with Crippen LogP contribution in [0.5, 0.6) is 5.75 Å². The smallest absolute Gasteiger partial charge is 0.341 e. The summed E-state index contributed by atoms with van der Waals surface area (Å²) >= 11 is 13.5. The number of hydrogen-bond acceptors (Lipinski definition) is 6. The molecule has 0 atom stereocenters. The van der Waals surface area contributed by atoms with Crippen LogP contribution in [0.2, 0.25) is 10.0 Å². The second-order valence-corrected chi connectivity index (χ2v) is 8.42. The molecule has 0 bridgehead atoms. The van der Waals surface area contributed by atoms with E-state index in [-0.39, 0.29) is 32.0 Å². The largest absolute Gasteiger partial charge is 0.490 e. The van der Waals surface area contributed by atoms with Crippen LogP contribution >= 0.6 is 34.5 Å². The van der Waals surface area contributed by atoms with E-state index in [9.17, 15) is 14.4 Å². The molecule has 9 heteroatoms. The van der Waals surface area contributed by atoms with E-state index in [1.807, 2.05) is 0 Å². The summed E-state index contributed by atoms with van der Waals surface area (Å²) in [6.07, 6.45) is 2.96. The Morgan fingerprint density at radius 3 is 2.30 bits per heavy atom. The summed E-state index contributed by atoms with van der Waals surface area (Å²) in [5.41, 5.74) is 0.799. The molecule has 0 aliphatic carbocycles. The fourth-order valence-corrected chi connectivity index (χ4v) is 4.50. The third-order valence-corrected chi connectivity index (χ3v) is 6.21. The Hall–Kier alpha value is -2.09. The number of amides is 1. The van der Waals surface area contributed by atoms with E-state index in [4.69, 9.17) is 32.7 Å². The number of benzene rings is 1. The summed E-state index contributed by atoms with van der Waals surface area (Å²) in [5, 5.41) is 3.31. The second-order valence-electron chi connectivity index (χ2n) is 6.59. The van der Waals surface area contributed by atoms with E-state index >= 15 is 0 Å². The lowest BCUT2D eigenvalue weighted by molar-refractivity contribution is 0.0601. The van der Waals surface area contributed by atoms with Gasteiger partial charge in [0.15, 0.2) is 11.5 Å². The van der Waals surface area contributed by atoms with Gasteiger partial charge in [-0.15, -0.1) is 11.3 Å². The van der Waals surface area contributed by atoms with Gasteiger partial charge in [-0.3, -0.25) is 9.59 Å². The lowest BCUT2D eigenvalue weighted by atomic mass is 10.1. The van der Waals surface area contributed by atoms with Gasteiger partial charge in [-0.25, -0.2) is 4.79 Å². The van der Waals surface area contributed by atoms with Crippen molar-refractivity contribution < 1.29 is 23.9 Å². The highest BCUT2D eigenvalue weighted by Crippen LogP contribution is 2.37. The van der Waals surface area contributed by atoms with Crippen LogP contribution in [0.1, 0.15) is 69.1 Å². The standard InChI is InChI=1S/C21H23Cl2NO5S/c1-5-6-7-8-29-17-14(22)9-13(10-15(17)23)19(26)24-20-16(21(27)28-4)11(2)18(30-20)12(3)25/h9-10H,5-8H2,1-4H3,(H,24,26). The quantitative estimate of drug-likeness (QED) is 0.268. The number of ketones is 1. The number of nitrogens with one attached hydrogen (secondary N) is 1. The fraction of sp³-hybridized carbons (Fsp3) is 0.381. The highest BCUT2D eigenvalue weighted by molar-refractivity contribution is 7.18. The first kappa shape index (κ1) is 24.2. The SMILES string of the molecule is CCCCCOc1c(Cl)cc(C(=O)Nc2sc(C(C)=O)c(C)c2C(=O)OC)cc1Cl. The van der Waals surface area contributed by atoms with Gasteiger partial charge in [0, 0.05) is 5.56 Å². The summed E-state index contributed by atoms with van der Waals surface area (Å²) in [7, 11) is 1.23. The average molecular weight is 472 g/mol. The van der Waals surface area contributed by atoms with Crippen LogP contribution in [0.15, 0.2) is 12.1 Å². The first-order valence-corrected chi connectivity index (χ1v) is 10.9. The number of halogens is 2. The average Bonchev–Trinajstić information content (AvgIpc) is 3.02. The molecule has 2 rings (SSSR count). The van der Waals surface area contributed by atoms with Crippen molar-refractivity contribution in [1.82, 2.24) is 0 Å². The molecule has 6 nitrogen and oxygen atoms in total. The van der Waals surface area contributed by atoms with Crippen molar-refractivity contribution in [2.24, 2.45) is 0 Å². The predicted molar refractivity (Wildman–Crippen MR) is 120 cm³/mol. The lowest BCUT2D eigenvalue weighted by Gasteiger charge is -2.12. The molecule has 30 heavy (non-hydrogen) atoms. The zero-order valence-corrected chi connectivity index (χ0v) is 19.5. The van der Waals surface area contributed by atoms with Gasteiger partial charge >= 0.3 is 5.97 Å². The van der Waals surface area contributed by atoms with Gasteiger partial charge in [0.05, 0.1) is 34.2 Å². The highest BCUT2D eigenvalue weighted by atomic mass is 35.5. The minimum absolute atomic E-state index is 0.147. The molecule has 1 N–H and O–H groups in total. The Morgan fingerprint density at radius 2 is 1.77 bits per heavy atom. The van der Waals surface area contributed by atoms with Crippen molar-refractivity contribution in [3.8, 4) is 5.75 Å². The van der Waals surface area contributed by atoms with Gasteiger partial charge in [0.1, 0.15) is 5.00 Å². The zero-order chi connectivity index (χ0) is 22.4. The maximum atomic E-state index is 12.8. The molecule has 0 aliphatic rings. The molecule has 0 fully saturated rings. The van der Waals surface area contributed by atoms with Gasteiger partial charge in [-0.1, -0.05) is 43.0 Å². The molecular weight excluding hydrogens is 449 g/mol. The summed E-state index contributed by atoms with van der Waals surface area (Å²) < 4.78 is 10.4. The summed E-state index contributed by atoms with van der Waals surface area (Å²) in [4.78, 5) is 37.2. The Bertz CT molecular complexity index is 948.